The molecule has 0 saturated heterocycles. The fourth-order valence-corrected chi connectivity index (χ4v) is 2.67. The van der Waals surface area contributed by atoms with E-state index in [9.17, 15) is 4.91 Å². The third-order valence-electron chi connectivity index (χ3n) is 3.58. The highest BCUT2D eigenvalue weighted by Gasteiger charge is 2.18. The van der Waals surface area contributed by atoms with Crippen LogP contribution in [0.5, 0.6) is 0 Å². The van der Waals surface area contributed by atoms with Gasteiger partial charge in [-0.25, -0.2) is 0 Å². The molecule has 0 aromatic heterocycles. The average molecular weight is 252 g/mol. The van der Waals surface area contributed by atoms with Gasteiger partial charge in [-0.05, 0) is 42.2 Å². The van der Waals surface area contributed by atoms with Crippen LogP contribution in [0.15, 0.2) is 53.7 Å². The molecule has 1 heterocycles. The monoisotopic (exact) mass is 252 g/mol. The van der Waals surface area contributed by atoms with Gasteiger partial charge in [0, 0.05) is 17.9 Å². The molecule has 0 radical (unpaired) electrons. The summed E-state index contributed by atoms with van der Waals surface area (Å²) in [6, 6.07) is 16.6. The molecule has 0 spiro atoms. The highest BCUT2D eigenvalue weighted by molar-refractivity contribution is 5.68. The summed E-state index contributed by atoms with van der Waals surface area (Å²) in [4.78, 5) is 12.8. The summed E-state index contributed by atoms with van der Waals surface area (Å²) in [7, 11) is 0. The molecule has 0 aliphatic carbocycles. The Bertz CT molecular complexity index is 581. The first kappa shape index (κ1) is 11.9. The van der Waals surface area contributed by atoms with E-state index in [1.54, 1.807) is 0 Å². The van der Waals surface area contributed by atoms with Crippen LogP contribution in [0.3, 0.4) is 0 Å². The maximum atomic E-state index is 10.4. The van der Waals surface area contributed by atoms with Gasteiger partial charge in [-0.2, -0.15) is 4.91 Å². The van der Waals surface area contributed by atoms with Gasteiger partial charge >= 0.3 is 0 Å². The minimum atomic E-state index is 0.246. The number of hydrogen-bond acceptors (Lipinski definition) is 3. The lowest BCUT2D eigenvalue weighted by Crippen LogP contribution is -2.24. The first-order chi connectivity index (χ1) is 9.38. The standard InChI is InChI=1S/C16H16N2O/c19-17-12-13-8-9-14-5-4-10-18(16(14)11-13)15-6-2-1-3-7-15/h1-3,6-9,11H,4-5,10,12H2. The highest BCUT2D eigenvalue weighted by atomic mass is 16.3. The number of rotatable bonds is 3. The van der Waals surface area contributed by atoms with Crippen molar-refractivity contribution in [3.63, 3.8) is 0 Å². The smallest absolute Gasteiger partial charge is 0.106 e. The first-order valence-electron chi connectivity index (χ1n) is 6.62. The normalized spacial score (nSPS) is 14.0. The molecular formula is C16H16N2O. The van der Waals surface area contributed by atoms with Gasteiger partial charge in [0.2, 0.25) is 0 Å². The second-order valence-electron chi connectivity index (χ2n) is 4.84. The topological polar surface area (TPSA) is 32.7 Å². The molecule has 0 fully saturated rings. The fraction of sp³-hybridized carbons (Fsp3) is 0.250. The van der Waals surface area contributed by atoms with Crippen molar-refractivity contribution in [1.29, 1.82) is 0 Å². The molecule has 0 N–H and O–H groups in total. The molecular weight excluding hydrogens is 236 g/mol. The molecule has 0 amide bonds. The van der Waals surface area contributed by atoms with Crippen LogP contribution in [0.2, 0.25) is 0 Å². The van der Waals surface area contributed by atoms with E-state index >= 15 is 0 Å². The van der Waals surface area contributed by atoms with E-state index < -0.39 is 0 Å². The summed E-state index contributed by atoms with van der Waals surface area (Å²) in [5, 5.41) is 2.98. The van der Waals surface area contributed by atoms with E-state index in [4.69, 9.17) is 0 Å². The van der Waals surface area contributed by atoms with Crippen LogP contribution >= 0.6 is 0 Å². The second-order valence-corrected chi connectivity index (χ2v) is 4.84. The molecule has 3 nitrogen and oxygen atoms in total. The van der Waals surface area contributed by atoms with E-state index in [-0.39, 0.29) is 6.54 Å². The van der Waals surface area contributed by atoms with Crippen LogP contribution in [0.25, 0.3) is 0 Å². The molecule has 3 rings (SSSR count). The number of nitrogens with zero attached hydrogens (tertiary/aromatic N) is 2. The van der Waals surface area contributed by atoms with Crippen LogP contribution in [0.4, 0.5) is 11.4 Å². The average Bonchev–Trinajstić information content (AvgIpc) is 2.48. The predicted molar refractivity (Wildman–Crippen MR) is 77.7 cm³/mol. The van der Waals surface area contributed by atoms with E-state index in [0.717, 1.165) is 24.9 Å². The molecule has 0 atom stereocenters. The van der Waals surface area contributed by atoms with Crippen molar-refractivity contribution in [3.05, 3.63) is 64.6 Å². The molecule has 19 heavy (non-hydrogen) atoms. The maximum Gasteiger partial charge on any atom is 0.106 e. The van der Waals surface area contributed by atoms with Gasteiger partial charge in [-0.1, -0.05) is 35.5 Å². The van der Waals surface area contributed by atoms with Crippen LogP contribution in [-0.4, -0.2) is 6.54 Å². The van der Waals surface area contributed by atoms with Gasteiger partial charge in [0.05, 0.1) is 0 Å². The molecule has 1 aliphatic heterocycles. The van der Waals surface area contributed by atoms with Crippen molar-refractivity contribution in [2.45, 2.75) is 19.4 Å². The van der Waals surface area contributed by atoms with E-state index in [1.165, 1.54) is 16.9 Å². The third-order valence-corrected chi connectivity index (χ3v) is 3.58. The van der Waals surface area contributed by atoms with Gasteiger partial charge < -0.3 is 4.90 Å². The maximum absolute atomic E-state index is 10.4. The summed E-state index contributed by atoms with van der Waals surface area (Å²) in [6.45, 7) is 1.27. The largest absolute Gasteiger partial charge is 0.341 e. The second kappa shape index (κ2) is 5.22. The fourth-order valence-electron chi connectivity index (χ4n) is 2.67. The van der Waals surface area contributed by atoms with E-state index in [2.05, 4.69) is 46.5 Å². The van der Waals surface area contributed by atoms with Crippen molar-refractivity contribution in [2.24, 2.45) is 5.18 Å². The Morgan fingerprint density at radius 3 is 2.74 bits per heavy atom. The molecule has 2 aromatic rings. The van der Waals surface area contributed by atoms with E-state index in [0.29, 0.717) is 0 Å². The van der Waals surface area contributed by atoms with Crippen LogP contribution in [0, 0.1) is 4.91 Å². The highest BCUT2D eigenvalue weighted by Crippen LogP contribution is 2.34. The van der Waals surface area contributed by atoms with Crippen molar-refractivity contribution < 1.29 is 0 Å². The first-order valence-corrected chi connectivity index (χ1v) is 6.62. The summed E-state index contributed by atoms with van der Waals surface area (Å²) in [5.41, 5.74) is 4.76. The zero-order valence-electron chi connectivity index (χ0n) is 10.7. The predicted octanol–water partition coefficient (Wildman–Crippen LogP) is 4.04. The Kier molecular flexibility index (Phi) is 3.27. The summed E-state index contributed by atoms with van der Waals surface area (Å²) < 4.78 is 0. The Labute approximate surface area is 112 Å². The van der Waals surface area contributed by atoms with Crippen LogP contribution < -0.4 is 4.90 Å². The molecule has 1 aliphatic rings. The Balaban J connectivity index is 2.02. The van der Waals surface area contributed by atoms with Gasteiger partial charge in [-0.15, -0.1) is 0 Å². The van der Waals surface area contributed by atoms with Gasteiger partial charge in [0.1, 0.15) is 6.54 Å². The Hall–Kier alpha value is -2.16. The molecule has 0 saturated carbocycles. The molecule has 0 bridgehead atoms. The summed E-state index contributed by atoms with van der Waals surface area (Å²) >= 11 is 0. The Morgan fingerprint density at radius 2 is 1.95 bits per heavy atom. The lowest BCUT2D eigenvalue weighted by molar-refractivity contribution is 0.765. The summed E-state index contributed by atoms with van der Waals surface area (Å²) in [6.07, 6.45) is 2.26. The van der Waals surface area contributed by atoms with Gasteiger partial charge in [-0.3, -0.25) is 0 Å². The third kappa shape index (κ3) is 2.36. The van der Waals surface area contributed by atoms with E-state index in [1.807, 2.05) is 12.1 Å². The molecule has 3 heteroatoms. The van der Waals surface area contributed by atoms with Crippen molar-refractivity contribution in [1.82, 2.24) is 0 Å². The van der Waals surface area contributed by atoms with Crippen molar-refractivity contribution >= 4 is 11.4 Å². The van der Waals surface area contributed by atoms with Crippen LogP contribution in [0.1, 0.15) is 17.5 Å². The zero-order chi connectivity index (χ0) is 13.1. The van der Waals surface area contributed by atoms with Crippen molar-refractivity contribution in [3.8, 4) is 0 Å². The van der Waals surface area contributed by atoms with Gasteiger partial charge in [0.25, 0.3) is 0 Å². The Morgan fingerprint density at radius 1 is 1.11 bits per heavy atom. The SMILES string of the molecule is O=NCc1ccc2c(c1)N(c1ccccc1)CCC2. The number of nitroso groups, excluding NO2 is 1. The molecule has 2 aromatic carbocycles. The number of benzene rings is 2. The zero-order valence-corrected chi connectivity index (χ0v) is 10.7. The van der Waals surface area contributed by atoms with Gasteiger partial charge in [0.15, 0.2) is 0 Å². The number of para-hydroxylation sites is 1. The number of aryl methyl sites for hydroxylation is 1. The molecule has 96 valence electrons. The lowest BCUT2D eigenvalue weighted by Gasteiger charge is -2.31. The minimum Gasteiger partial charge on any atom is -0.341 e. The number of hydrogen-bond donors (Lipinski definition) is 0. The minimum absolute atomic E-state index is 0.246. The quantitative estimate of drug-likeness (QED) is 0.772. The lowest BCUT2D eigenvalue weighted by atomic mass is 9.99. The molecule has 0 unspecified atom stereocenters. The van der Waals surface area contributed by atoms with Crippen LogP contribution in [-0.2, 0) is 13.0 Å². The number of anilines is 2. The summed E-state index contributed by atoms with van der Waals surface area (Å²) in [5.74, 6) is 0. The number of fused-ring (bicyclic) bond motifs is 1. The van der Waals surface area contributed by atoms with Crippen molar-refractivity contribution in [2.75, 3.05) is 11.4 Å².